The second-order valence-corrected chi connectivity index (χ2v) is 7.01. The van der Waals surface area contributed by atoms with Crippen LogP contribution in [0.1, 0.15) is 66.2 Å². The van der Waals surface area contributed by atoms with Gasteiger partial charge in [-0.15, -0.1) is 0 Å². The third-order valence-corrected chi connectivity index (χ3v) is 5.13. The molecule has 0 bridgehead atoms. The molecule has 0 aliphatic rings. The van der Waals surface area contributed by atoms with Gasteiger partial charge in [-0.05, 0) is 53.5 Å². The van der Waals surface area contributed by atoms with Gasteiger partial charge in [0.05, 0.1) is 12.6 Å². The van der Waals surface area contributed by atoms with E-state index in [1.54, 1.807) is 25.3 Å². The Labute approximate surface area is 179 Å². The van der Waals surface area contributed by atoms with Gasteiger partial charge >= 0.3 is 5.97 Å². The second-order valence-electron chi connectivity index (χ2n) is 7.01. The number of carbonyl (C=O) groups excluding carboxylic acids is 3. The number of hydrogen-bond donors (Lipinski definition) is 0. The van der Waals surface area contributed by atoms with E-state index in [9.17, 15) is 14.4 Å². The van der Waals surface area contributed by atoms with Crippen LogP contribution in [-0.4, -0.2) is 73.3 Å². The van der Waals surface area contributed by atoms with E-state index < -0.39 is 12.0 Å². The zero-order valence-electron chi connectivity index (χ0n) is 19.4. The number of hydrogen-bond acceptors (Lipinski definition) is 6. The van der Waals surface area contributed by atoms with Crippen LogP contribution in [0.25, 0.3) is 0 Å². The summed E-state index contributed by atoms with van der Waals surface area (Å²) >= 11 is 0. The summed E-state index contributed by atoms with van der Waals surface area (Å²) in [6.45, 7) is 13.0. The monoisotopic (exact) mass is 424 g/mol. The van der Waals surface area contributed by atoms with E-state index in [-0.39, 0.29) is 24.9 Å². The lowest BCUT2D eigenvalue weighted by molar-refractivity contribution is -0.136. The van der Waals surface area contributed by atoms with Gasteiger partial charge in [-0.2, -0.15) is 0 Å². The highest BCUT2D eigenvalue weighted by Gasteiger charge is 2.32. The van der Waals surface area contributed by atoms with E-state index in [2.05, 4.69) is 0 Å². The lowest BCUT2D eigenvalue weighted by atomic mass is 9.99. The number of aromatic nitrogens is 1. The summed E-state index contributed by atoms with van der Waals surface area (Å²) in [6.07, 6.45) is 0.614. The van der Waals surface area contributed by atoms with Gasteiger partial charge in [0.15, 0.2) is 5.78 Å². The molecule has 8 nitrogen and oxygen atoms in total. The fourth-order valence-corrected chi connectivity index (χ4v) is 3.69. The highest BCUT2D eigenvalue weighted by molar-refractivity contribution is 6.06. The number of amides is 1. The Morgan fingerprint density at radius 3 is 2.30 bits per heavy atom. The molecule has 0 saturated carbocycles. The Balaban J connectivity index is 3.27. The summed E-state index contributed by atoms with van der Waals surface area (Å²) in [5.74, 6) is -0.912. The van der Waals surface area contributed by atoms with Gasteiger partial charge in [-0.3, -0.25) is 9.59 Å². The number of ether oxygens (including phenoxy) is 3. The van der Waals surface area contributed by atoms with Crippen LogP contribution in [0.2, 0.25) is 0 Å². The lowest BCUT2D eigenvalue weighted by Crippen LogP contribution is -2.46. The molecule has 0 aromatic carbocycles. The molecule has 1 heterocycles. The molecule has 170 valence electrons. The summed E-state index contributed by atoms with van der Waals surface area (Å²) in [6, 6.07) is -0.700. The maximum atomic E-state index is 13.5. The topological polar surface area (TPSA) is 87.1 Å². The van der Waals surface area contributed by atoms with Gasteiger partial charge in [0.1, 0.15) is 12.3 Å². The van der Waals surface area contributed by atoms with Crippen molar-refractivity contribution >= 4 is 17.7 Å². The van der Waals surface area contributed by atoms with E-state index in [0.29, 0.717) is 55.2 Å². The molecule has 0 fully saturated rings. The second kappa shape index (κ2) is 12.5. The number of rotatable bonds is 13. The lowest BCUT2D eigenvalue weighted by Gasteiger charge is -2.28. The molecule has 1 aromatic heterocycles. The van der Waals surface area contributed by atoms with Gasteiger partial charge in [0.2, 0.25) is 5.91 Å². The van der Waals surface area contributed by atoms with Crippen LogP contribution >= 0.6 is 0 Å². The van der Waals surface area contributed by atoms with E-state index in [4.69, 9.17) is 14.2 Å². The third kappa shape index (κ3) is 5.92. The van der Waals surface area contributed by atoms with Crippen molar-refractivity contribution in [3.05, 3.63) is 22.5 Å². The molecule has 1 aromatic rings. The number of nitrogens with zero attached hydrogens (tertiary/aromatic N) is 2. The SMILES string of the molecule is CCOCCCN(C(=O)COC)[C@H](C)C(=O)c1c(C)c(C(=O)OCC)n(CC)c1C. The standard InChI is InChI=1S/C22H36N2O6/c1-8-23-16(5)19(15(4)20(23)22(27)30-10-3)21(26)17(6)24(18(25)14-28-7)12-11-13-29-9-2/h17H,8-14H2,1-7H3/t17-/m1/s1. The summed E-state index contributed by atoms with van der Waals surface area (Å²) in [5.41, 5.74) is 2.13. The fourth-order valence-electron chi connectivity index (χ4n) is 3.69. The molecule has 0 aliphatic carbocycles. The smallest absolute Gasteiger partial charge is 0.355 e. The molecule has 0 aliphatic heterocycles. The molecule has 0 N–H and O–H groups in total. The van der Waals surface area contributed by atoms with Crippen molar-refractivity contribution in [2.24, 2.45) is 0 Å². The Kier molecular flexibility index (Phi) is 10.8. The highest BCUT2D eigenvalue weighted by atomic mass is 16.5. The van der Waals surface area contributed by atoms with E-state index >= 15 is 0 Å². The highest BCUT2D eigenvalue weighted by Crippen LogP contribution is 2.26. The molecule has 8 heteroatoms. The summed E-state index contributed by atoms with van der Waals surface area (Å²) in [4.78, 5) is 40.1. The molecular formula is C22H36N2O6. The molecule has 1 rings (SSSR count). The van der Waals surface area contributed by atoms with Crippen molar-refractivity contribution in [1.82, 2.24) is 9.47 Å². The Hall–Kier alpha value is -2.19. The average Bonchev–Trinajstić information content (AvgIpc) is 2.96. The summed E-state index contributed by atoms with van der Waals surface area (Å²) in [7, 11) is 1.45. The quantitative estimate of drug-likeness (QED) is 0.275. The zero-order valence-corrected chi connectivity index (χ0v) is 19.4. The summed E-state index contributed by atoms with van der Waals surface area (Å²) < 4.78 is 17.3. The predicted octanol–water partition coefficient (Wildman–Crippen LogP) is 2.77. The van der Waals surface area contributed by atoms with Gasteiger partial charge in [0, 0.05) is 44.7 Å². The largest absolute Gasteiger partial charge is 0.461 e. The fraction of sp³-hybridized carbons (Fsp3) is 0.682. The molecule has 30 heavy (non-hydrogen) atoms. The minimum atomic E-state index is -0.700. The number of ketones is 1. The van der Waals surface area contributed by atoms with Gasteiger partial charge in [0.25, 0.3) is 0 Å². The minimum absolute atomic E-state index is 0.103. The maximum absolute atomic E-state index is 13.5. The van der Waals surface area contributed by atoms with Crippen LogP contribution in [0.5, 0.6) is 0 Å². The third-order valence-electron chi connectivity index (χ3n) is 5.13. The van der Waals surface area contributed by atoms with Crippen molar-refractivity contribution in [1.29, 1.82) is 0 Å². The van der Waals surface area contributed by atoms with Crippen LogP contribution in [0, 0.1) is 13.8 Å². The first-order chi connectivity index (χ1) is 14.3. The van der Waals surface area contributed by atoms with Gasteiger partial charge in [-0.1, -0.05) is 0 Å². The Morgan fingerprint density at radius 2 is 1.77 bits per heavy atom. The number of esters is 1. The normalized spacial score (nSPS) is 12.0. The molecular weight excluding hydrogens is 388 g/mol. The van der Waals surface area contributed by atoms with Gasteiger partial charge < -0.3 is 23.7 Å². The average molecular weight is 425 g/mol. The van der Waals surface area contributed by atoms with Crippen LogP contribution in [-0.2, 0) is 25.5 Å². The van der Waals surface area contributed by atoms with E-state index in [1.165, 1.54) is 12.0 Å². The van der Waals surface area contributed by atoms with E-state index in [0.717, 1.165) is 0 Å². The van der Waals surface area contributed by atoms with Crippen molar-refractivity contribution in [2.45, 2.75) is 60.5 Å². The van der Waals surface area contributed by atoms with Crippen molar-refractivity contribution < 1.29 is 28.6 Å². The molecule has 0 spiro atoms. The first-order valence-corrected chi connectivity index (χ1v) is 10.5. The van der Waals surface area contributed by atoms with Crippen LogP contribution in [0.4, 0.5) is 0 Å². The molecule has 0 saturated heterocycles. The predicted molar refractivity (Wildman–Crippen MR) is 114 cm³/mol. The van der Waals surface area contributed by atoms with Crippen molar-refractivity contribution in [3.8, 4) is 0 Å². The number of carbonyl (C=O) groups is 3. The van der Waals surface area contributed by atoms with E-state index in [1.807, 2.05) is 20.8 Å². The molecule has 1 atom stereocenters. The first-order valence-electron chi connectivity index (χ1n) is 10.5. The molecule has 1 amide bonds. The van der Waals surface area contributed by atoms with Crippen LogP contribution < -0.4 is 0 Å². The maximum Gasteiger partial charge on any atom is 0.355 e. The number of Topliss-reactive ketones (excluding diaryl/α,β-unsaturated/α-hetero) is 1. The Morgan fingerprint density at radius 1 is 1.10 bits per heavy atom. The summed E-state index contributed by atoms with van der Waals surface area (Å²) in [5, 5.41) is 0. The molecule has 0 radical (unpaired) electrons. The Bertz CT molecular complexity index is 740. The van der Waals surface area contributed by atoms with Crippen molar-refractivity contribution in [2.75, 3.05) is 40.1 Å². The van der Waals surface area contributed by atoms with Crippen LogP contribution in [0.15, 0.2) is 0 Å². The van der Waals surface area contributed by atoms with Gasteiger partial charge in [-0.25, -0.2) is 4.79 Å². The number of methoxy groups -OCH3 is 1. The van der Waals surface area contributed by atoms with Crippen LogP contribution in [0.3, 0.4) is 0 Å². The molecule has 0 unspecified atom stereocenters. The zero-order chi connectivity index (χ0) is 22.8. The minimum Gasteiger partial charge on any atom is -0.461 e. The van der Waals surface area contributed by atoms with Crippen molar-refractivity contribution in [3.63, 3.8) is 0 Å². The first kappa shape index (κ1) is 25.8.